The molecule has 0 heterocycles. The van der Waals surface area contributed by atoms with Gasteiger partial charge in [-0.15, -0.1) is 0 Å². The second kappa shape index (κ2) is 6.25. The van der Waals surface area contributed by atoms with Crippen LogP contribution in [0.4, 0.5) is 8.78 Å². The number of aliphatic hydroxyl groups is 1. The maximum atomic E-state index is 13.6. The molecule has 3 nitrogen and oxygen atoms in total. The highest BCUT2D eigenvalue weighted by Crippen LogP contribution is 2.28. The fourth-order valence-electron chi connectivity index (χ4n) is 1.72. The summed E-state index contributed by atoms with van der Waals surface area (Å²) in [7, 11) is 0. The van der Waals surface area contributed by atoms with E-state index >= 15 is 0 Å². The third kappa shape index (κ3) is 3.19. The third-order valence-corrected chi connectivity index (χ3v) is 2.70. The summed E-state index contributed by atoms with van der Waals surface area (Å²) in [6.07, 6.45) is 0.858. The van der Waals surface area contributed by atoms with Crippen molar-refractivity contribution in [1.29, 1.82) is 0 Å². The number of rotatable bonds is 5. The van der Waals surface area contributed by atoms with Crippen molar-refractivity contribution in [2.45, 2.75) is 6.42 Å². The number of aldehydes is 1. The molecule has 0 saturated heterocycles. The normalized spacial score (nSPS) is 10.3. The Morgan fingerprint density at radius 2 is 1.70 bits per heavy atom. The molecular formula is C15H12F2O3. The molecule has 5 heteroatoms. The topological polar surface area (TPSA) is 46.5 Å². The van der Waals surface area contributed by atoms with Gasteiger partial charge in [0.15, 0.2) is 17.4 Å². The van der Waals surface area contributed by atoms with Crippen molar-refractivity contribution >= 4 is 6.29 Å². The molecule has 1 N–H and O–H groups in total. The van der Waals surface area contributed by atoms with Crippen LogP contribution in [0.5, 0.6) is 11.5 Å². The van der Waals surface area contributed by atoms with E-state index < -0.39 is 17.4 Å². The Bertz CT molecular complexity index is 586. The summed E-state index contributed by atoms with van der Waals surface area (Å²) in [4.78, 5) is 10.5. The van der Waals surface area contributed by atoms with Gasteiger partial charge in [-0.05, 0) is 36.2 Å². The van der Waals surface area contributed by atoms with Gasteiger partial charge in [0.05, 0.1) is 0 Å². The lowest BCUT2D eigenvalue weighted by molar-refractivity contribution is 0.112. The van der Waals surface area contributed by atoms with Gasteiger partial charge in [0.25, 0.3) is 0 Å². The molecule has 104 valence electrons. The Hall–Kier alpha value is -2.27. The number of hydrogen-bond donors (Lipinski definition) is 1. The summed E-state index contributed by atoms with van der Waals surface area (Å²) in [5, 5.41) is 8.79. The first-order valence-electron chi connectivity index (χ1n) is 5.96. The minimum absolute atomic E-state index is 0.0244. The van der Waals surface area contributed by atoms with Crippen molar-refractivity contribution < 1.29 is 23.4 Å². The first-order chi connectivity index (χ1) is 9.63. The molecule has 0 radical (unpaired) electrons. The Morgan fingerprint density at radius 1 is 1.10 bits per heavy atom. The van der Waals surface area contributed by atoms with E-state index in [2.05, 4.69) is 0 Å². The molecule has 2 aromatic carbocycles. The van der Waals surface area contributed by atoms with Crippen molar-refractivity contribution in [3.05, 3.63) is 59.2 Å². The van der Waals surface area contributed by atoms with Gasteiger partial charge in [0.1, 0.15) is 12.0 Å². The molecule has 0 aliphatic heterocycles. The fraction of sp³-hybridized carbons (Fsp3) is 0.133. The quantitative estimate of drug-likeness (QED) is 0.855. The minimum atomic E-state index is -0.938. The molecule has 2 aromatic rings. The molecule has 20 heavy (non-hydrogen) atoms. The van der Waals surface area contributed by atoms with Gasteiger partial charge in [-0.3, -0.25) is 4.79 Å². The Kier molecular flexibility index (Phi) is 4.42. The van der Waals surface area contributed by atoms with Crippen molar-refractivity contribution in [2.75, 3.05) is 6.61 Å². The highest BCUT2D eigenvalue weighted by atomic mass is 19.1. The van der Waals surface area contributed by atoms with E-state index in [-0.39, 0.29) is 17.9 Å². The van der Waals surface area contributed by atoms with E-state index in [4.69, 9.17) is 9.84 Å². The summed E-state index contributed by atoms with van der Waals surface area (Å²) in [6, 6.07) is 8.31. The standard InChI is InChI=1S/C15H12F2O3/c16-13-7-11(9-19)8-14(17)15(13)20-12-3-1-10(2-4-12)5-6-18/h1-4,7-9,18H,5-6H2. The van der Waals surface area contributed by atoms with E-state index in [0.29, 0.717) is 12.7 Å². The molecule has 0 aromatic heterocycles. The predicted octanol–water partition coefficient (Wildman–Crippen LogP) is 3.10. The number of carbonyl (C=O) groups is 1. The van der Waals surface area contributed by atoms with Crippen LogP contribution in [-0.2, 0) is 6.42 Å². The molecule has 0 unspecified atom stereocenters. The van der Waals surface area contributed by atoms with E-state index in [9.17, 15) is 13.6 Å². The monoisotopic (exact) mass is 278 g/mol. The van der Waals surface area contributed by atoms with Crippen molar-refractivity contribution in [1.82, 2.24) is 0 Å². The highest BCUT2D eigenvalue weighted by molar-refractivity contribution is 5.75. The summed E-state index contributed by atoms with van der Waals surface area (Å²) >= 11 is 0. The lowest BCUT2D eigenvalue weighted by Gasteiger charge is -2.09. The number of ether oxygens (including phenoxy) is 1. The number of carbonyl (C=O) groups excluding carboxylic acids is 1. The minimum Gasteiger partial charge on any atom is -0.451 e. The van der Waals surface area contributed by atoms with Crippen molar-refractivity contribution in [3.63, 3.8) is 0 Å². The zero-order valence-electron chi connectivity index (χ0n) is 10.5. The number of halogens is 2. The van der Waals surface area contributed by atoms with E-state index in [1.54, 1.807) is 24.3 Å². The number of aliphatic hydroxyl groups excluding tert-OH is 1. The second-order valence-electron chi connectivity index (χ2n) is 4.15. The number of benzene rings is 2. The zero-order chi connectivity index (χ0) is 14.5. The Morgan fingerprint density at radius 3 is 2.20 bits per heavy atom. The average molecular weight is 278 g/mol. The van der Waals surface area contributed by atoms with Crippen molar-refractivity contribution in [2.24, 2.45) is 0 Å². The van der Waals surface area contributed by atoms with Gasteiger partial charge in [0.2, 0.25) is 0 Å². The maximum absolute atomic E-state index is 13.6. The van der Waals surface area contributed by atoms with Gasteiger partial charge >= 0.3 is 0 Å². The Labute approximate surface area is 114 Å². The molecule has 0 fully saturated rings. The summed E-state index contributed by atoms with van der Waals surface area (Å²) in [6.45, 7) is 0.0244. The highest BCUT2D eigenvalue weighted by Gasteiger charge is 2.13. The fourth-order valence-corrected chi connectivity index (χ4v) is 1.72. The van der Waals surface area contributed by atoms with Crippen LogP contribution in [0.1, 0.15) is 15.9 Å². The zero-order valence-corrected chi connectivity index (χ0v) is 10.5. The lowest BCUT2D eigenvalue weighted by Crippen LogP contribution is -1.96. The molecule has 0 spiro atoms. The molecule has 0 saturated carbocycles. The molecule has 2 rings (SSSR count). The second-order valence-corrected chi connectivity index (χ2v) is 4.15. The lowest BCUT2D eigenvalue weighted by atomic mass is 10.1. The summed E-state index contributed by atoms with van der Waals surface area (Å²) in [5.41, 5.74) is 0.794. The van der Waals surface area contributed by atoms with Crippen LogP contribution >= 0.6 is 0 Å². The molecule has 0 bridgehead atoms. The maximum Gasteiger partial charge on any atom is 0.198 e. The first-order valence-corrected chi connectivity index (χ1v) is 5.96. The van der Waals surface area contributed by atoms with Crippen LogP contribution < -0.4 is 4.74 Å². The van der Waals surface area contributed by atoms with Crippen LogP contribution in [0.3, 0.4) is 0 Å². The van der Waals surface area contributed by atoms with Gasteiger partial charge in [-0.25, -0.2) is 8.78 Å². The van der Waals surface area contributed by atoms with E-state index in [1.165, 1.54) is 0 Å². The molecule has 0 aliphatic carbocycles. The van der Waals surface area contributed by atoms with Gasteiger partial charge in [-0.2, -0.15) is 0 Å². The van der Waals surface area contributed by atoms with Gasteiger partial charge in [0, 0.05) is 12.2 Å². The molecule has 0 aliphatic rings. The smallest absolute Gasteiger partial charge is 0.198 e. The van der Waals surface area contributed by atoms with E-state index in [1.807, 2.05) is 0 Å². The van der Waals surface area contributed by atoms with Crippen molar-refractivity contribution in [3.8, 4) is 11.5 Å². The van der Waals surface area contributed by atoms with Crippen LogP contribution in [-0.4, -0.2) is 18.0 Å². The van der Waals surface area contributed by atoms with Gasteiger partial charge in [-0.1, -0.05) is 12.1 Å². The Balaban J connectivity index is 2.23. The third-order valence-electron chi connectivity index (χ3n) is 2.70. The van der Waals surface area contributed by atoms with Crippen LogP contribution in [0.15, 0.2) is 36.4 Å². The summed E-state index contributed by atoms with van der Waals surface area (Å²) < 4.78 is 32.4. The molecular weight excluding hydrogens is 266 g/mol. The van der Waals surface area contributed by atoms with Gasteiger partial charge < -0.3 is 9.84 Å². The van der Waals surface area contributed by atoms with E-state index in [0.717, 1.165) is 17.7 Å². The molecule has 0 amide bonds. The summed E-state index contributed by atoms with van der Waals surface area (Å²) in [5.74, 6) is -2.16. The van der Waals surface area contributed by atoms with Crippen LogP contribution in [0.25, 0.3) is 0 Å². The SMILES string of the molecule is O=Cc1cc(F)c(Oc2ccc(CCO)cc2)c(F)c1. The van der Waals surface area contributed by atoms with Crippen LogP contribution in [0, 0.1) is 11.6 Å². The average Bonchev–Trinajstić information content (AvgIpc) is 2.44. The predicted molar refractivity (Wildman–Crippen MR) is 69.1 cm³/mol. The number of hydrogen-bond acceptors (Lipinski definition) is 3. The first kappa shape index (κ1) is 14.1. The largest absolute Gasteiger partial charge is 0.451 e. The van der Waals surface area contributed by atoms with Crippen LogP contribution in [0.2, 0.25) is 0 Å². The molecule has 0 atom stereocenters.